The van der Waals surface area contributed by atoms with Gasteiger partial charge in [-0.3, -0.25) is 4.79 Å². The van der Waals surface area contributed by atoms with E-state index in [1.54, 1.807) is 49.3 Å². The summed E-state index contributed by atoms with van der Waals surface area (Å²) >= 11 is 0. The number of benzene rings is 3. The number of esters is 1. The van der Waals surface area contributed by atoms with E-state index >= 15 is 0 Å². The van der Waals surface area contributed by atoms with Crippen molar-refractivity contribution in [3.8, 4) is 22.8 Å². The molecule has 0 aliphatic carbocycles. The molecule has 200 valence electrons. The van der Waals surface area contributed by atoms with Crippen LogP contribution in [0, 0.1) is 0 Å². The number of furan rings is 1. The Labute approximate surface area is 225 Å². The molecule has 1 aliphatic rings. The van der Waals surface area contributed by atoms with E-state index in [1.165, 1.54) is 7.11 Å². The van der Waals surface area contributed by atoms with Crippen LogP contribution >= 0.6 is 0 Å². The topological polar surface area (TPSA) is 99.8 Å². The highest BCUT2D eigenvalue weighted by atomic mass is 16.6. The second kappa shape index (κ2) is 11.3. The molecule has 0 N–H and O–H groups in total. The zero-order chi connectivity index (χ0) is 27.4. The summed E-state index contributed by atoms with van der Waals surface area (Å²) in [4.78, 5) is 32.5. The number of carbonyl (C=O) groups is 2. The van der Waals surface area contributed by atoms with Crippen LogP contribution in [0.3, 0.4) is 0 Å². The van der Waals surface area contributed by atoms with Crippen LogP contribution in [-0.4, -0.2) is 51.6 Å². The molecule has 0 unspecified atom stereocenters. The lowest BCUT2D eigenvalue weighted by atomic mass is 10.1. The molecule has 3 aromatic carbocycles. The number of hydrogen-bond donors (Lipinski definition) is 0. The van der Waals surface area contributed by atoms with Crippen LogP contribution in [0.15, 0.2) is 76.3 Å². The minimum absolute atomic E-state index is 0.235. The SMILES string of the molecule is CCOC(=O)c1c(-c2ccccc2)oc2ccc(OCCCN3C(=O)/C(=N\OC)c4cc(OC)ccc43)cc12. The van der Waals surface area contributed by atoms with Gasteiger partial charge in [0.25, 0.3) is 5.91 Å². The Hall–Kier alpha value is -4.79. The smallest absolute Gasteiger partial charge is 0.342 e. The Kier molecular flexibility index (Phi) is 7.49. The molecule has 39 heavy (non-hydrogen) atoms. The molecule has 0 bridgehead atoms. The van der Waals surface area contributed by atoms with Crippen LogP contribution in [0.25, 0.3) is 22.3 Å². The molecule has 4 aromatic rings. The molecule has 9 heteroatoms. The molecule has 0 spiro atoms. The molecule has 1 aliphatic heterocycles. The lowest BCUT2D eigenvalue weighted by Gasteiger charge is -2.17. The van der Waals surface area contributed by atoms with Gasteiger partial charge in [-0.15, -0.1) is 0 Å². The normalized spacial score (nSPS) is 13.6. The van der Waals surface area contributed by atoms with Crippen molar-refractivity contribution in [2.75, 3.05) is 38.9 Å². The van der Waals surface area contributed by atoms with Crippen molar-refractivity contribution >= 4 is 34.2 Å². The minimum Gasteiger partial charge on any atom is -0.497 e. The first-order chi connectivity index (χ1) is 19.0. The van der Waals surface area contributed by atoms with Crippen molar-refractivity contribution in [3.05, 3.63) is 77.9 Å². The van der Waals surface area contributed by atoms with E-state index < -0.39 is 5.97 Å². The molecule has 1 aromatic heterocycles. The van der Waals surface area contributed by atoms with Gasteiger partial charge in [0, 0.05) is 23.1 Å². The van der Waals surface area contributed by atoms with E-state index in [0.29, 0.717) is 58.9 Å². The number of hydrogen-bond acceptors (Lipinski definition) is 8. The maximum absolute atomic E-state index is 13.0. The number of nitrogens with zero attached hydrogens (tertiary/aromatic N) is 2. The van der Waals surface area contributed by atoms with Gasteiger partial charge in [-0.05, 0) is 49.7 Å². The number of ether oxygens (including phenoxy) is 3. The molecule has 9 nitrogen and oxygen atoms in total. The molecule has 0 saturated carbocycles. The average molecular weight is 529 g/mol. The zero-order valence-electron chi connectivity index (χ0n) is 21.9. The molecule has 2 heterocycles. The van der Waals surface area contributed by atoms with Gasteiger partial charge in [0.1, 0.15) is 35.5 Å². The summed E-state index contributed by atoms with van der Waals surface area (Å²) in [6.07, 6.45) is 0.556. The predicted octanol–water partition coefficient (Wildman–Crippen LogP) is 5.45. The highest BCUT2D eigenvalue weighted by Crippen LogP contribution is 2.36. The summed E-state index contributed by atoms with van der Waals surface area (Å²) < 4.78 is 22.7. The van der Waals surface area contributed by atoms with Gasteiger partial charge >= 0.3 is 5.97 Å². The number of carbonyl (C=O) groups excluding carboxylic acids is 2. The molecule has 1 amide bonds. The number of rotatable bonds is 10. The van der Waals surface area contributed by atoms with Gasteiger partial charge in [0.05, 0.1) is 26.0 Å². The fourth-order valence-corrected chi connectivity index (χ4v) is 4.60. The van der Waals surface area contributed by atoms with Crippen LogP contribution in [-0.2, 0) is 14.4 Å². The minimum atomic E-state index is -0.455. The standard InChI is InChI=1S/C30H28N2O7/c1-4-37-30(34)26-23-18-21(12-14-25(23)39-28(26)19-9-6-5-7-10-19)38-16-8-15-32-24-13-11-20(35-2)17-22(24)27(29(32)33)31-36-3/h5-7,9-14,17-18H,4,8,15-16H2,1-3H3/b31-27-. The Balaban J connectivity index is 1.33. The van der Waals surface area contributed by atoms with Crippen LogP contribution < -0.4 is 14.4 Å². The van der Waals surface area contributed by atoms with E-state index in [1.807, 2.05) is 36.4 Å². The molecule has 0 saturated heterocycles. The highest BCUT2D eigenvalue weighted by Gasteiger charge is 2.34. The Morgan fingerprint density at radius 1 is 1.00 bits per heavy atom. The Morgan fingerprint density at radius 2 is 1.79 bits per heavy atom. The van der Waals surface area contributed by atoms with E-state index in [2.05, 4.69) is 5.16 Å². The maximum Gasteiger partial charge on any atom is 0.342 e. The van der Waals surface area contributed by atoms with E-state index in [4.69, 9.17) is 23.5 Å². The number of fused-ring (bicyclic) bond motifs is 2. The average Bonchev–Trinajstić information content (AvgIpc) is 3.46. The van der Waals surface area contributed by atoms with Crippen LogP contribution in [0.5, 0.6) is 11.5 Å². The number of oxime groups is 1. The van der Waals surface area contributed by atoms with Gasteiger partial charge in [-0.25, -0.2) is 4.79 Å². The first-order valence-corrected chi connectivity index (χ1v) is 12.6. The van der Waals surface area contributed by atoms with Crippen molar-refractivity contribution in [2.24, 2.45) is 5.16 Å². The van der Waals surface area contributed by atoms with Crippen LogP contribution in [0.1, 0.15) is 29.3 Å². The Bertz CT molecular complexity index is 1540. The quantitative estimate of drug-likeness (QED) is 0.153. The van der Waals surface area contributed by atoms with Gasteiger partial charge in [0.15, 0.2) is 5.71 Å². The third-order valence-corrected chi connectivity index (χ3v) is 6.35. The number of methoxy groups -OCH3 is 1. The zero-order valence-corrected chi connectivity index (χ0v) is 21.9. The summed E-state index contributed by atoms with van der Waals surface area (Å²) in [7, 11) is 2.98. The predicted molar refractivity (Wildman–Crippen MR) is 147 cm³/mol. The van der Waals surface area contributed by atoms with Gasteiger partial charge in [-0.2, -0.15) is 0 Å². The molecule has 0 radical (unpaired) electrons. The fourth-order valence-electron chi connectivity index (χ4n) is 4.60. The van der Waals surface area contributed by atoms with Gasteiger partial charge in [0.2, 0.25) is 0 Å². The monoisotopic (exact) mass is 528 g/mol. The van der Waals surface area contributed by atoms with E-state index in [0.717, 1.165) is 11.3 Å². The summed E-state index contributed by atoms with van der Waals surface area (Å²) in [6.45, 7) is 2.77. The first-order valence-electron chi connectivity index (χ1n) is 12.6. The Morgan fingerprint density at radius 3 is 2.54 bits per heavy atom. The fraction of sp³-hybridized carbons (Fsp3) is 0.233. The van der Waals surface area contributed by atoms with Gasteiger partial charge < -0.3 is 28.4 Å². The molecule has 0 atom stereocenters. The maximum atomic E-state index is 13.0. The molecular weight excluding hydrogens is 500 g/mol. The second-order valence-electron chi connectivity index (χ2n) is 8.72. The lowest BCUT2D eigenvalue weighted by Crippen LogP contribution is -2.31. The second-order valence-corrected chi connectivity index (χ2v) is 8.72. The van der Waals surface area contributed by atoms with Crippen molar-refractivity contribution in [2.45, 2.75) is 13.3 Å². The van der Waals surface area contributed by atoms with Crippen LogP contribution in [0.2, 0.25) is 0 Å². The number of amides is 1. The summed E-state index contributed by atoms with van der Waals surface area (Å²) in [6, 6.07) is 20.2. The highest BCUT2D eigenvalue weighted by molar-refractivity contribution is 6.54. The summed E-state index contributed by atoms with van der Waals surface area (Å²) in [5.74, 6) is 0.962. The molecular formula is C30H28N2O7. The first kappa shape index (κ1) is 25.8. The van der Waals surface area contributed by atoms with Crippen LogP contribution in [0.4, 0.5) is 5.69 Å². The van der Waals surface area contributed by atoms with Crippen molar-refractivity contribution in [3.63, 3.8) is 0 Å². The van der Waals surface area contributed by atoms with Crippen molar-refractivity contribution in [1.29, 1.82) is 0 Å². The molecule has 5 rings (SSSR count). The van der Waals surface area contributed by atoms with Crippen molar-refractivity contribution in [1.82, 2.24) is 0 Å². The largest absolute Gasteiger partial charge is 0.497 e. The third kappa shape index (κ3) is 5.03. The molecule has 0 fully saturated rings. The summed E-state index contributed by atoms with van der Waals surface area (Å²) in [5, 5.41) is 4.54. The number of anilines is 1. The summed E-state index contributed by atoms with van der Waals surface area (Å²) in [5.41, 5.74) is 3.34. The lowest BCUT2D eigenvalue weighted by molar-refractivity contribution is -0.112. The van der Waals surface area contributed by atoms with E-state index in [9.17, 15) is 9.59 Å². The third-order valence-electron chi connectivity index (χ3n) is 6.35. The van der Waals surface area contributed by atoms with E-state index in [-0.39, 0.29) is 18.2 Å². The van der Waals surface area contributed by atoms with Gasteiger partial charge in [-0.1, -0.05) is 35.5 Å². The van der Waals surface area contributed by atoms with Crippen molar-refractivity contribution < 1.29 is 33.1 Å².